The molecule has 0 aliphatic heterocycles. The lowest BCUT2D eigenvalue weighted by Crippen LogP contribution is -2.23. The summed E-state index contributed by atoms with van der Waals surface area (Å²) in [5, 5.41) is 12.5. The van der Waals surface area contributed by atoms with Crippen molar-refractivity contribution in [3.05, 3.63) is 15.8 Å². The summed E-state index contributed by atoms with van der Waals surface area (Å²) in [4.78, 5) is 16.7. The standard InChI is InChI=1S/C7H8F3N5O2/c1-3-4(15(16)17)5(14-6(11)13-3)12-2-7(8,9)10/h2H2,1H3,(H3,11,12,13,14). The van der Waals surface area contributed by atoms with Gasteiger partial charge in [-0.3, -0.25) is 10.1 Å². The van der Waals surface area contributed by atoms with Crippen molar-refractivity contribution in [2.75, 3.05) is 17.6 Å². The Hall–Kier alpha value is -2.13. The van der Waals surface area contributed by atoms with E-state index in [-0.39, 0.29) is 11.6 Å². The second kappa shape index (κ2) is 4.39. The maximum atomic E-state index is 12.0. The van der Waals surface area contributed by atoms with E-state index in [0.717, 1.165) is 0 Å². The highest BCUT2D eigenvalue weighted by Gasteiger charge is 2.29. The Balaban J connectivity index is 3.09. The molecule has 0 unspecified atom stereocenters. The lowest BCUT2D eigenvalue weighted by molar-refractivity contribution is -0.385. The first-order chi connectivity index (χ1) is 7.70. The van der Waals surface area contributed by atoms with Crippen LogP contribution in [0.1, 0.15) is 5.69 Å². The molecule has 94 valence electrons. The van der Waals surface area contributed by atoms with Crippen LogP contribution in [-0.4, -0.2) is 27.6 Å². The Morgan fingerprint density at radius 2 is 2.06 bits per heavy atom. The van der Waals surface area contributed by atoms with Gasteiger partial charge in [0.2, 0.25) is 11.8 Å². The minimum Gasteiger partial charge on any atom is -0.368 e. The van der Waals surface area contributed by atoms with Gasteiger partial charge in [0.1, 0.15) is 12.2 Å². The number of nitrogens with zero attached hydrogens (tertiary/aromatic N) is 3. The molecule has 0 radical (unpaired) electrons. The molecule has 1 aromatic rings. The molecule has 0 aliphatic carbocycles. The number of alkyl halides is 3. The van der Waals surface area contributed by atoms with Gasteiger partial charge in [-0.1, -0.05) is 0 Å². The third-order valence-corrected chi connectivity index (χ3v) is 1.71. The van der Waals surface area contributed by atoms with Gasteiger partial charge < -0.3 is 11.1 Å². The van der Waals surface area contributed by atoms with Gasteiger partial charge in [-0.05, 0) is 6.92 Å². The van der Waals surface area contributed by atoms with Crippen molar-refractivity contribution >= 4 is 17.5 Å². The lowest BCUT2D eigenvalue weighted by Gasteiger charge is -2.10. The van der Waals surface area contributed by atoms with E-state index >= 15 is 0 Å². The van der Waals surface area contributed by atoms with E-state index in [0.29, 0.717) is 0 Å². The number of halogens is 3. The monoisotopic (exact) mass is 251 g/mol. The van der Waals surface area contributed by atoms with Crippen LogP contribution in [0, 0.1) is 17.0 Å². The Labute approximate surface area is 93.0 Å². The predicted octanol–water partition coefficient (Wildman–Crippen LogP) is 1.25. The van der Waals surface area contributed by atoms with Gasteiger partial charge in [0.15, 0.2) is 0 Å². The zero-order valence-corrected chi connectivity index (χ0v) is 8.58. The minimum atomic E-state index is -4.51. The summed E-state index contributed by atoms with van der Waals surface area (Å²) in [6.07, 6.45) is -4.51. The molecule has 0 fully saturated rings. The molecule has 0 amide bonds. The van der Waals surface area contributed by atoms with Crippen LogP contribution in [0.15, 0.2) is 0 Å². The van der Waals surface area contributed by atoms with Crippen molar-refractivity contribution in [3.8, 4) is 0 Å². The van der Waals surface area contributed by atoms with Crippen molar-refractivity contribution < 1.29 is 18.1 Å². The summed E-state index contributed by atoms with van der Waals surface area (Å²) >= 11 is 0. The average molecular weight is 251 g/mol. The molecule has 0 aliphatic rings. The highest BCUT2D eigenvalue weighted by atomic mass is 19.4. The van der Waals surface area contributed by atoms with Crippen molar-refractivity contribution in [1.82, 2.24) is 9.97 Å². The first-order valence-electron chi connectivity index (χ1n) is 4.30. The molecular weight excluding hydrogens is 243 g/mol. The normalized spacial score (nSPS) is 11.3. The van der Waals surface area contributed by atoms with Crippen LogP contribution in [0.4, 0.5) is 30.6 Å². The van der Waals surface area contributed by atoms with Gasteiger partial charge in [-0.25, -0.2) is 4.98 Å². The first kappa shape index (κ1) is 12.9. The number of nitrogens with two attached hydrogens (primary N) is 1. The molecule has 1 aromatic heterocycles. The van der Waals surface area contributed by atoms with Gasteiger partial charge in [0.05, 0.1) is 4.92 Å². The Bertz CT molecular complexity index is 448. The Kier molecular flexibility index (Phi) is 3.34. The summed E-state index contributed by atoms with van der Waals surface area (Å²) in [5.41, 5.74) is 4.48. The van der Waals surface area contributed by atoms with E-state index in [4.69, 9.17) is 5.73 Å². The van der Waals surface area contributed by atoms with Crippen LogP contribution in [0.2, 0.25) is 0 Å². The highest BCUT2D eigenvalue weighted by molar-refractivity contribution is 5.60. The largest absolute Gasteiger partial charge is 0.405 e. The molecule has 10 heteroatoms. The third-order valence-electron chi connectivity index (χ3n) is 1.71. The van der Waals surface area contributed by atoms with E-state index < -0.39 is 29.1 Å². The van der Waals surface area contributed by atoms with Gasteiger partial charge in [-0.15, -0.1) is 0 Å². The Morgan fingerprint density at radius 3 is 2.53 bits per heavy atom. The number of hydrogen-bond donors (Lipinski definition) is 2. The number of aromatic nitrogens is 2. The second-order valence-electron chi connectivity index (χ2n) is 3.09. The summed E-state index contributed by atoms with van der Waals surface area (Å²) in [6, 6.07) is 0. The molecule has 0 bridgehead atoms. The number of rotatable bonds is 3. The van der Waals surface area contributed by atoms with E-state index in [2.05, 4.69) is 9.97 Å². The molecule has 1 rings (SSSR count). The van der Waals surface area contributed by atoms with Crippen molar-refractivity contribution in [2.45, 2.75) is 13.1 Å². The SMILES string of the molecule is Cc1nc(N)nc(NCC(F)(F)F)c1[N+](=O)[O-]. The van der Waals surface area contributed by atoms with E-state index in [9.17, 15) is 23.3 Å². The zero-order valence-electron chi connectivity index (χ0n) is 8.58. The maximum Gasteiger partial charge on any atom is 0.405 e. The minimum absolute atomic E-state index is 0.104. The van der Waals surface area contributed by atoms with E-state index in [1.54, 1.807) is 0 Å². The van der Waals surface area contributed by atoms with Crippen LogP contribution < -0.4 is 11.1 Å². The summed E-state index contributed by atoms with van der Waals surface area (Å²) in [5.74, 6) is -0.880. The molecule has 0 atom stereocenters. The summed E-state index contributed by atoms with van der Waals surface area (Å²) in [6.45, 7) is -0.182. The molecule has 1 heterocycles. The topological polar surface area (TPSA) is 107 Å². The van der Waals surface area contributed by atoms with Gasteiger partial charge >= 0.3 is 11.9 Å². The average Bonchev–Trinajstić information content (AvgIpc) is 2.11. The number of nitrogen functional groups attached to an aromatic ring is 1. The fraction of sp³-hybridized carbons (Fsp3) is 0.429. The molecule has 7 nitrogen and oxygen atoms in total. The van der Waals surface area contributed by atoms with Crippen molar-refractivity contribution in [1.29, 1.82) is 0 Å². The second-order valence-corrected chi connectivity index (χ2v) is 3.09. The number of nitrogens with one attached hydrogen (secondary N) is 1. The predicted molar refractivity (Wildman–Crippen MR) is 52.4 cm³/mol. The van der Waals surface area contributed by atoms with E-state index in [1.165, 1.54) is 6.92 Å². The van der Waals surface area contributed by atoms with Gasteiger partial charge in [0, 0.05) is 0 Å². The summed E-state index contributed by atoms with van der Waals surface area (Å²) < 4.78 is 35.9. The molecule has 0 saturated heterocycles. The maximum absolute atomic E-state index is 12.0. The molecule has 0 saturated carbocycles. The fourth-order valence-electron chi connectivity index (χ4n) is 1.11. The van der Waals surface area contributed by atoms with Crippen LogP contribution in [0.5, 0.6) is 0 Å². The first-order valence-corrected chi connectivity index (χ1v) is 4.30. The number of hydrogen-bond acceptors (Lipinski definition) is 6. The van der Waals surface area contributed by atoms with E-state index in [1.807, 2.05) is 5.32 Å². The van der Waals surface area contributed by atoms with Crippen molar-refractivity contribution in [3.63, 3.8) is 0 Å². The Morgan fingerprint density at radius 1 is 1.47 bits per heavy atom. The summed E-state index contributed by atoms with van der Waals surface area (Å²) in [7, 11) is 0. The van der Waals surface area contributed by atoms with Crippen LogP contribution >= 0.6 is 0 Å². The van der Waals surface area contributed by atoms with Crippen LogP contribution in [0.3, 0.4) is 0 Å². The van der Waals surface area contributed by atoms with Crippen molar-refractivity contribution in [2.24, 2.45) is 0 Å². The third kappa shape index (κ3) is 3.43. The van der Waals surface area contributed by atoms with Crippen LogP contribution in [-0.2, 0) is 0 Å². The molecule has 17 heavy (non-hydrogen) atoms. The number of nitro groups is 1. The molecule has 0 aromatic carbocycles. The molecule has 0 spiro atoms. The quantitative estimate of drug-likeness (QED) is 0.618. The zero-order chi connectivity index (χ0) is 13.2. The van der Waals surface area contributed by atoms with Crippen LogP contribution in [0.25, 0.3) is 0 Å². The highest BCUT2D eigenvalue weighted by Crippen LogP contribution is 2.26. The fourth-order valence-corrected chi connectivity index (χ4v) is 1.11. The number of anilines is 2. The number of aryl methyl sites for hydroxylation is 1. The lowest BCUT2D eigenvalue weighted by atomic mass is 10.3. The molecule has 3 N–H and O–H groups in total. The smallest absolute Gasteiger partial charge is 0.368 e. The molecular formula is C7H8F3N5O2. The van der Waals surface area contributed by atoms with Gasteiger partial charge in [-0.2, -0.15) is 18.2 Å². The van der Waals surface area contributed by atoms with Gasteiger partial charge in [0.25, 0.3) is 0 Å².